The van der Waals surface area contributed by atoms with Gasteiger partial charge in [-0.15, -0.1) is 0 Å². The molecule has 0 fully saturated rings. The zero-order valence-electron chi connectivity index (χ0n) is 13.6. The zero-order chi connectivity index (χ0) is 17.9. The SMILES string of the molecule is Cc1ccc(NC(=O)C(C)NS(=O)(=O)c2ccc(Cl)cc2)cc1C. The number of benzene rings is 2. The number of aryl methyl sites for hydroxylation is 2. The molecule has 0 aliphatic heterocycles. The summed E-state index contributed by atoms with van der Waals surface area (Å²) < 4.78 is 26.9. The van der Waals surface area contributed by atoms with E-state index in [1.807, 2.05) is 26.0 Å². The number of hydrogen-bond acceptors (Lipinski definition) is 3. The van der Waals surface area contributed by atoms with E-state index in [0.29, 0.717) is 10.7 Å². The number of carbonyl (C=O) groups is 1. The highest BCUT2D eigenvalue weighted by Gasteiger charge is 2.22. The average molecular weight is 367 g/mol. The summed E-state index contributed by atoms with van der Waals surface area (Å²) in [6, 6.07) is 10.3. The van der Waals surface area contributed by atoms with Crippen LogP contribution in [0.25, 0.3) is 0 Å². The molecule has 2 N–H and O–H groups in total. The Hall–Kier alpha value is -1.89. The van der Waals surface area contributed by atoms with E-state index >= 15 is 0 Å². The quantitative estimate of drug-likeness (QED) is 0.852. The maximum Gasteiger partial charge on any atom is 0.242 e. The number of hydrogen-bond donors (Lipinski definition) is 2. The fourth-order valence-corrected chi connectivity index (χ4v) is 3.37. The predicted octanol–water partition coefficient (Wildman–Crippen LogP) is 3.26. The van der Waals surface area contributed by atoms with Gasteiger partial charge in [0.1, 0.15) is 0 Å². The number of sulfonamides is 1. The Morgan fingerprint density at radius 2 is 1.67 bits per heavy atom. The second-order valence-corrected chi connectivity index (χ2v) is 7.74. The van der Waals surface area contributed by atoms with Gasteiger partial charge in [-0.25, -0.2) is 8.42 Å². The first-order valence-electron chi connectivity index (χ1n) is 7.35. The molecule has 0 heterocycles. The van der Waals surface area contributed by atoms with Crippen molar-refractivity contribution < 1.29 is 13.2 Å². The lowest BCUT2D eigenvalue weighted by Gasteiger charge is -2.15. The van der Waals surface area contributed by atoms with Crippen molar-refractivity contribution in [2.75, 3.05) is 5.32 Å². The van der Waals surface area contributed by atoms with E-state index in [-0.39, 0.29) is 4.90 Å². The number of halogens is 1. The summed E-state index contributed by atoms with van der Waals surface area (Å²) in [5, 5.41) is 3.15. The standard InChI is InChI=1S/C17H19ClN2O3S/c1-11-4-7-15(10-12(11)2)19-17(21)13(3)20-24(22,23)16-8-5-14(18)6-9-16/h4-10,13,20H,1-3H3,(H,19,21). The van der Waals surface area contributed by atoms with Crippen LogP contribution in [0.3, 0.4) is 0 Å². The van der Waals surface area contributed by atoms with Crippen LogP contribution in [0.15, 0.2) is 47.4 Å². The van der Waals surface area contributed by atoms with Gasteiger partial charge in [0.25, 0.3) is 0 Å². The van der Waals surface area contributed by atoms with Gasteiger partial charge in [-0.05, 0) is 68.3 Å². The molecule has 5 nitrogen and oxygen atoms in total. The molecule has 0 spiro atoms. The Balaban J connectivity index is 2.07. The minimum Gasteiger partial charge on any atom is -0.325 e. The number of carbonyl (C=O) groups excluding carboxylic acids is 1. The van der Waals surface area contributed by atoms with E-state index in [9.17, 15) is 13.2 Å². The van der Waals surface area contributed by atoms with Gasteiger partial charge in [-0.3, -0.25) is 4.79 Å². The monoisotopic (exact) mass is 366 g/mol. The van der Waals surface area contributed by atoms with Crippen LogP contribution in [-0.4, -0.2) is 20.4 Å². The lowest BCUT2D eigenvalue weighted by molar-refractivity contribution is -0.117. The lowest BCUT2D eigenvalue weighted by atomic mass is 10.1. The van der Waals surface area contributed by atoms with Gasteiger partial charge >= 0.3 is 0 Å². The van der Waals surface area contributed by atoms with Gasteiger partial charge < -0.3 is 5.32 Å². The van der Waals surface area contributed by atoms with Gasteiger partial charge in [-0.2, -0.15) is 4.72 Å². The molecule has 2 aromatic rings. The van der Waals surface area contributed by atoms with Crippen LogP contribution in [-0.2, 0) is 14.8 Å². The lowest BCUT2D eigenvalue weighted by Crippen LogP contribution is -2.41. The highest BCUT2D eigenvalue weighted by Crippen LogP contribution is 2.16. The van der Waals surface area contributed by atoms with Crippen LogP contribution >= 0.6 is 11.6 Å². The van der Waals surface area contributed by atoms with Gasteiger partial charge in [0.05, 0.1) is 10.9 Å². The molecular formula is C17H19ClN2O3S. The summed E-state index contributed by atoms with van der Waals surface area (Å²) in [4.78, 5) is 12.3. The van der Waals surface area contributed by atoms with Gasteiger partial charge in [0, 0.05) is 10.7 Å². The van der Waals surface area contributed by atoms with Crippen LogP contribution in [0, 0.1) is 13.8 Å². The largest absolute Gasteiger partial charge is 0.325 e. The summed E-state index contributed by atoms with van der Waals surface area (Å²) >= 11 is 5.75. The molecule has 24 heavy (non-hydrogen) atoms. The van der Waals surface area contributed by atoms with Crippen LogP contribution in [0.5, 0.6) is 0 Å². The molecule has 0 aliphatic rings. The summed E-state index contributed by atoms with van der Waals surface area (Å²) in [6.07, 6.45) is 0. The molecule has 1 unspecified atom stereocenters. The Morgan fingerprint density at radius 3 is 2.25 bits per heavy atom. The molecular weight excluding hydrogens is 348 g/mol. The van der Waals surface area contributed by atoms with E-state index in [1.165, 1.54) is 31.2 Å². The maximum absolute atomic E-state index is 12.3. The second kappa shape index (κ2) is 7.34. The normalized spacial score (nSPS) is 12.7. The zero-order valence-corrected chi connectivity index (χ0v) is 15.2. The molecule has 0 saturated heterocycles. The molecule has 2 aromatic carbocycles. The third-order valence-electron chi connectivity index (χ3n) is 3.62. The first kappa shape index (κ1) is 18.4. The molecule has 0 bridgehead atoms. The molecule has 128 valence electrons. The average Bonchev–Trinajstić information content (AvgIpc) is 2.51. The molecule has 7 heteroatoms. The Bertz CT molecular complexity index is 849. The van der Waals surface area contributed by atoms with Crippen LogP contribution in [0.4, 0.5) is 5.69 Å². The molecule has 2 rings (SSSR count). The van der Waals surface area contributed by atoms with Crippen LogP contribution in [0.2, 0.25) is 5.02 Å². The first-order valence-corrected chi connectivity index (χ1v) is 9.21. The molecule has 0 aromatic heterocycles. The molecule has 0 radical (unpaired) electrons. The first-order chi connectivity index (χ1) is 11.2. The number of nitrogens with one attached hydrogen (secondary N) is 2. The van der Waals surface area contributed by atoms with Crippen molar-refractivity contribution in [2.24, 2.45) is 0 Å². The topological polar surface area (TPSA) is 75.3 Å². The van der Waals surface area contributed by atoms with Gasteiger partial charge in [0.15, 0.2) is 0 Å². The fourth-order valence-electron chi connectivity index (χ4n) is 2.04. The molecule has 1 amide bonds. The third-order valence-corrected chi connectivity index (χ3v) is 5.43. The molecule has 0 aliphatic carbocycles. The highest BCUT2D eigenvalue weighted by atomic mass is 35.5. The number of rotatable bonds is 5. The van der Waals surface area contributed by atoms with E-state index in [1.54, 1.807) is 6.07 Å². The van der Waals surface area contributed by atoms with Crippen molar-refractivity contribution >= 4 is 33.2 Å². The summed E-state index contributed by atoms with van der Waals surface area (Å²) in [5.74, 6) is -0.434. The number of amides is 1. The fraction of sp³-hybridized carbons (Fsp3) is 0.235. The summed E-state index contributed by atoms with van der Waals surface area (Å²) in [7, 11) is -3.80. The van der Waals surface area contributed by atoms with Crippen molar-refractivity contribution in [3.8, 4) is 0 Å². The van der Waals surface area contributed by atoms with Gasteiger partial charge in [0.2, 0.25) is 15.9 Å². The Morgan fingerprint density at radius 1 is 1.04 bits per heavy atom. The number of anilines is 1. The van der Waals surface area contributed by atoms with E-state index in [2.05, 4.69) is 10.0 Å². The van der Waals surface area contributed by atoms with Gasteiger partial charge in [-0.1, -0.05) is 17.7 Å². The Kier molecular flexibility index (Phi) is 5.64. The van der Waals surface area contributed by atoms with Crippen LogP contribution < -0.4 is 10.0 Å². The summed E-state index contributed by atoms with van der Waals surface area (Å²) in [6.45, 7) is 5.41. The molecule has 1 atom stereocenters. The molecule has 0 saturated carbocycles. The Labute approximate surface area is 147 Å². The second-order valence-electron chi connectivity index (χ2n) is 5.59. The minimum atomic E-state index is -3.80. The van der Waals surface area contributed by atoms with Crippen molar-refractivity contribution in [1.82, 2.24) is 4.72 Å². The van der Waals surface area contributed by atoms with Crippen molar-refractivity contribution in [3.05, 3.63) is 58.6 Å². The highest BCUT2D eigenvalue weighted by molar-refractivity contribution is 7.89. The maximum atomic E-state index is 12.3. The van der Waals surface area contributed by atoms with Crippen molar-refractivity contribution in [3.63, 3.8) is 0 Å². The smallest absolute Gasteiger partial charge is 0.242 e. The minimum absolute atomic E-state index is 0.0535. The van der Waals surface area contributed by atoms with Crippen LogP contribution in [0.1, 0.15) is 18.1 Å². The summed E-state index contributed by atoms with van der Waals surface area (Å²) in [5.41, 5.74) is 2.78. The predicted molar refractivity (Wildman–Crippen MR) is 95.8 cm³/mol. The van der Waals surface area contributed by atoms with E-state index in [0.717, 1.165) is 11.1 Å². The van der Waals surface area contributed by atoms with E-state index in [4.69, 9.17) is 11.6 Å². The van der Waals surface area contributed by atoms with Crippen molar-refractivity contribution in [1.29, 1.82) is 0 Å². The van der Waals surface area contributed by atoms with Crippen molar-refractivity contribution in [2.45, 2.75) is 31.7 Å². The van der Waals surface area contributed by atoms with E-state index < -0.39 is 22.0 Å². The third kappa shape index (κ3) is 4.56.